The molecule has 1 rings (SSSR count). The standard InChI is InChI=1S/C5H6F2N4O/c6-5(7)11-1-2(4(9)12)3(8)10-11/h1,5H,(H2,8,10)(H2,9,12). The van der Waals surface area contributed by atoms with E-state index >= 15 is 0 Å². The molecule has 5 nitrogen and oxygen atoms in total. The van der Waals surface area contributed by atoms with Crippen molar-refractivity contribution < 1.29 is 13.6 Å². The van der Waals surface area contributed by atoms with Gasteiger partial charge in [-0.05, 0) is 0 Å². The van der Waals surface area contributed by atoms with Crippen LogP contribution in [0.25, 0.3) is 0 Å². The zero-order valence-electron chi connectivity index (χ0n) is 5.87. The van der Waals surface area contributed by atoms with E-state index in [1.165, 1.54) is 0 Å². The minimum absolute atomic E-state index is 0.199. The van der Waals surface area contributed by atoms with Crippen molar-refractivity contribution in [2.75, 3.05) is 5.73 Å². The second-order valence-corrected chi connectivity index (χ2v) is 2.05. The highest BCUT2D eigenvalue weighted by molar-refractivity contribution is 5.96. The summed E-state index contributed by atoms with van der Waals surface area (Å²) in [7, 11) is 0. The Balaban J connectivity index is 3.09. The molecule has 12 heavy (non-hydrogen) atoms. The van der Waals surface area contributed by atoms with Crippen LogP contribution in [-0.4, -0.2) is 15.7 Å². The third-order valence-corrected chi connectivity index (χ3v) is 1.23. The van der Waals surface area contributed by atoms with Crippen molar-refractivity contribution in [2.45, 2.75) is 6.55 Å². The molecule has 0 atom stereocenters. The summed E-state index contributed by atoms with van der Waals surface area (Å²) >= 11 is 0. The smallest absolute Gasteiger partial charge is 0.333 e. The van der Waals surface area contributed by atoms with Crippen LogP contribution in [0.2, 0.25) is 0 Å². The summed E-state index contributed by atoms with van der Waals surface area (Å²) in [6.07, 6.45) is 0.808. The van der Waals surface area contributed by atoms with Crippen LogP contribution >= 0.6 is 0 Å². The molecule has 7 heteroatoms. The van der Waals surface area contributed by atoms with Crippen LogP contribution in [0.5, 0.6) is 0 Å². The molecule has 0 aromatic carbocycles. The summed E-state index contributed by atoms with van der Waals surface area (Å²) < 4.78 is 24.1. The number of hydrogen-bond donors (Lipinski definition) is 2. The van der Waals surface area contributed by atoms with E-state index in [1.807, 2.05) is 0 Å². The van der Waals surface area contributed by atoms with Gasteiger partial charge in [-0.15, -0.1) is 5.10 Å². The summed E-state index contributed by atoms with van der Waals surface area (Å²) in [6, 6.07) is 0. The van der Waals surface area contributed by atoms with E-state index in [1.54, 1.807) is 0 Å². The molecule has 1 heterocycles. The molecule has 0 unspecified atom stereocenters. The number of carbonyl (C=O) groups is 1. The number of aromatic nitrogens is 2. The zero-order chi connectivity index (χ0) is 9.30. The first-order valence-corrected chi connectivity index (χ1v) is 2.95. The Morgan fingerprint density at radius 2 is 2.25 bits per heavy atom. The Morgan fingerprint density at radius 3 is 2.50 bits per heavy atom. The van der Waals surface area contributed by atoms with Gasteiger partial charge in [-0.3, -0.25) is 4.79 Å². The van der Waals surface area contributed by atoms with Gasteiger partial charge in [0.25, 0.3) is 5.91 Å². The van der Waals surface area contributed by atoms with Gasteiger partial charge in [-0.2, -0.15) is 8.78 Å². The maximum Gasteiger partial charge on any atom is 0.333 e. The number of anilines is 1. The first-order chi connectivity index (χ1) is 5.52. The van der Waals surface area contributed by atoms with Gasteiger partial charge in [-0.25, -0.2) is 4.68 Å². The van der Waals surface area contributed by atoms with Crippen LogP contribution in [0, 0.1) is 0 Å². The van der Waals surface area contributed by atoms with Crippen LogP contribution in [0.4, 0.5) is 14.6 Å². The largest absolute Gasteiger partial charge is 0.382 e. The van der Waals surface area contributed by atoms with E-state index in [2.05, 4.69) is 5.10 Å². The van der Waals surface area contributed by atoms with E-state index in [4.69, 9.17) is 11.5 Å². The van der Waals surface area contributed by atoms with Gasteiger partial charge in [0.1, 0.15) is 5.56 Å². The van der Waals surface area contributed by atoms with Gasteiger partial charge < -0.3 is 11.5 Å². The molecule has 0 spiro atoms. The molecule has 1 amide bonds. The molecule has 1 aromatic heterocycles. The van der Waals surface area contributed by atoms with Crippen LogP contribution in [0.1, 0.15) is 16.9 Å². The van der Waals surface area contributed by atoms with Crippen molar-refractivity contribution in [3.8, 4) is 0 Å². The number of alkyl halides is 2. The van der Waals surface area contributed by atoms with Crippen LogP contribution in [-0.2, 0) is 0 Å². The number of amides is 1. The third kappa shape index (κ3) is 1.34. The number of nitrogens with zero attached hydrogens (tertiary/aromatic N) is 2. The third-order valence-electron chi connectivity index (χ3n) is 1.23. The predicted molar refractivity (Wildman–Crippen MR) is 36.4 cm³/mol. The van der Waals surface area contributed by atoms with E-state index in [-0.39, 0.29) is 16.1 Å². The maximum absolute atomic E-state index is 11.9. The average molecular weight is 176 g/mol. The van der Waals surface area contributed by atoms with Gasteiger partial charge in [0, 0.05) is 6.20 Å². The van der Waals surface area contributed by atoms with Crippen LogP contribution in [0.15, 0.2) is 6.20 Å². The summed E-state index contributed by atoms with van der Waals surface area (Å²) in [5.41, 5.74) is 9.73. The van der Waals surface area contributed by atoms with Crippen LogP contribution in [0.3, 0.4) is 0 Å². The van der Waals surface area contributed by atoms with Crippen molar-refractivity contribution in [3.63, 3.8) is 0 Å². The Kier molecular flexibility index (Phi) is 1.94. The maximum atomic E-state index is 11.9. The van der Waals surface area contributed by atoms with Crippen molar-refractivity contribution in [2.24, 2.45) is 5.73 Å². The Bertz CT molecular complexity index is 308. The number of rotatable bonds is 2. The van der Waals surface area contributed by atoms with E-state index in [0.717, 1.165) is 6.20 Å². The fraction of sp³-hybridized carbons (Fsp3) is 0.200. The Hall–Kier alpha value is -1.66. The van der Waals surface area contributed by atoms with Gasteiger partial charge in [0.15, 0.2) is 5.82 Å². The van der Waals surface area contributed by atoms with Crippen molar-refractivity contribution in [3.05, 3.63) is 11.8 Å². The highest BCUT2D eigenvalue weighted by Crippen LogP contribution is 2.14. The SMILES string of the molecule is NC(=O)c1cn(C(F)F)nc1N. The second kappa shape index (κ2) is 2.76. The van der Waals surface area contributed by atoms with Crippen LogP contribution < -0.4 is 11.5 Å². The van der Waals surface area contributed by atoms with E-state index in [9.17, 15) is 13.6 Å². The quantitative estimate of drug-likeness (QED) is 0.662. The number of nitrogen functional groups attached to an aromatic ring is 1. The zero-order valence-corrected chi connectivity index (χ0v) is 5.87. The molecule has 66 valence electrons. The molecular weight excluding hydrogens is 170 g/mol. The highest BCUT2D eigenvalue weighted by atomic mass is 19.3. The van der Waals surface area contributed by atoms with Gasteiger partial charge in [-0.1, -0.05) is 0 Å². The van der Waals surface area contributed by atoms with Crippen molar-refractivity contribution >= 4 is 11.7 Å². The predicted octanol–water partition coefficient (Wildman–Crippen LogP) is -0.0407. The topological polar surface area (TPSA) is 86.9 Å². The number of carbonyl (C=O) groups excluding carboxylic acids is 1. The molecule has 1 aromatic rings. The molecule has 0 aliphatic carbocycles. The Morgan fingerprint density at radius 1 is 1.67 bits per heavy atom. The average Bonchev–Trinajstić information content (AvgIpc) is 2.30. The van der Waals surface area contributed by atoms with E-state index < -0.39 is 12.5 Å². The summed E-state index contributed by atoms with van der Waals surface area (Å²) in [5, 5.41) is 3.18. The second-order valence-electron chi connectivity index (χ2n) is 2.05. The molecule has 0 aliphatic heterocycles. The lowest BCUT2D eigenvalue weighted by Gasteiger charge is -1.94. The molecule has 4 N–H and O–H groups in total. The lowest BCUT2D eigenvalue weighted by molar-refractivity contribution is 0.0568. The van der Waals surface area contributed by atoms with Gasteiger partial charge in [0.05, 0.1) is 0 Å². The fourth-order valence-electron chi connectivity index (χ4n) is 0.695. The highest BCUT2D eigenvalue weighted by Gasteiger charge is 2.14. The van der Waals surface area contributed by atoms with Crippen molar-refractivity contribution in [1.82, 2.24) is 9.78 Å². The molecule has 0 radical (unpaired) electrons. The number of hydrogen-bond acceptors (Lipinski definition) is 3. The number of nitrogens with two attached hydrogens (primary N) is 2. The molecular formula is C5H6F2N4O. The van der Waals surface area contributed by atoms with Gasteiger partial charge in [0.2, 0.25) is 0 Å². The minimum Gasteiger partial charge on any atom is -0.382 e. The summed E-state index contributed by atoms with van der Waals surface area (Å²) in [6.45, 7) is -2.82. The summed E-state index contributed by atoms with van der Waals surface area (Å²) in [5.74, 6) is -1.16. The van der Waals surface area contributed by atoms with Crippen molar-refractivity contribution in [1.29, 1.82) is 0 Å². The number of halogens is 2. The molecule has 0 saturated heterocycles. The molecule has 0 aliphatic rings. The molecule has 0 fully saturated rings. The first kappa shape index (κ1) is 8.44. The molecule has 0 saturated carbocycles. The summed E-state index contributed by atoms with van der Waals surface area (Å²) in [4.78, 5) is 10.5. The minimum atomic E-state index is -2.82. The molecule has 0 bridgehead atoms. The Labute approximate surface area is 65.9 Å². The fourth-order valence-corrected chi connectivity index (χ4v) is 0.695. The normalized spacial score (nSPS) is 10.6. The number of primary amides is 1. The lowest BCUT2D eigenvalue weighted by atomic mass is 10.3. The monoisotopic (exact) mass is 176 g/mol. The van der Waals surface area contributed by atoms with E-state index in [0.29, 0.717) is 0 Å². The lowest BCUT2D eigenvalue weighted by Crippen LogP contribution is -2.11. The first-order valence-electron chi connectivity index (χ1n) is 2.95. The van der Waals surface area contributed by atoms with Gasteiger partial charge >= 0.3 is 6.55 Å².